The Kier molecular flexibility index (Phi) is 3.34. The van der Waals surface area contributed by atoms with Gasteiger partial charge in [0.2, 0.25) is 5.82 Å². The van der Waals surface area contributed by atoms with E-state index in [4.69, 9.17) is 16.7 Å². The van der Waals surface area contributed by atoms with E-state index in [1.165, 1.54) is 18.2 Å². The third kappa shape index (κ3) is 2.87. The van der Waals surface area contributed by atoms with Crippen LogP contribution in [0.3, 0.4) is 0 Å². The molecule has 1 aromatic heterocycles. The van der Waals surface area contributed by atoms with Crippen LogP contribution in [-0.2, 0) is 0 Å². The lowest BCUT2D eigenvalue weighted by Gasteiger charge is -2.07. The molecule has 1 amide bonds. The summed E-state index contributed by atoms with van der Waals surface area (Å²) in [5, 5.41) is 18.4. The third-order valence-electron chi connectivity index (χ3n) is 3.13. The minimum Gasteiger partial charge on any atom is -0.478 e. The molecule has 1 fully saturated rings. The fraction of sp³-hybridized carbons (Fsp3) is 0.231. The lowest BCUT2D eigenvalue weighted by molar-refractivity contribution is 0.0698. The van der Waals surface area contributed by atoms with Crippen molar-refractivity contribution in [2.45, 2.75) is 18.8 Å². The van der Waals surface area contributed by atoms with E-state index in [2.05, 4.69) is 20.5 Å². The number of carbonyl (C=O) groups is 2. The zero-order valence-corrected chi connectivity index (χ0v) is 11.5. The molecule has 0 bridgehead atoms. The second kappa shape index (κ2) is 5.17. The quantitative estimate of drug-likeness (QED) is 0.803. The van der Waals surface area contributed by atoms with Gasteiger partial charge in [-0.2, -0.15) is 0 Å². The molecule has 1 aromatic carbocycles. The second-order valence-corrected chi connectivity index (χ2v) is 5.20. The Morgan fingerprint density at radius 2 is 2.14 bits per heavy atom. The van der Waals surface area contributed by atoms with Gasteiger partial charge in [0.05, 0.1) is 11.3 Å². The van der Waals surface area contributed by atoms with Crippen molar-refractivity contribution >= 4 is 29.2 Å². The van der Waals surface area contributed by atoms with Crippen molar-refractivity contribution in [1.29, 1.82) is 0 Å². The van der Waals surface area contributed by atoms with Crippen LogP contribution >= 0.6 is 11.6 Å². The number of carboxylic acids is 1. The van der Waals surface area contributed by atoms with Crippen molar-refractivity contribution in [3.63, 3.8) is 0 Å². The van der Waals surface area contributed by atoms with Gasteiger partial charge in [0.15, 0.2) is 0 Å². The molecule has 108 valence electrons. The number of carboxylic acid groups (broad SMARTS) is 1. The molecule has 1 aliphatic carbocycles. The summed E-state index contributed by atoms with van der Waals surface area (Å²) in [7, 11) is 0. The Morgan fingerprint density at radius 1 is 1.38 bits per heavy atom. The van der Waals surface area contributed by atoms with Crippen molar-refractivity contribution in [3.05, 3.63) is 40.4 Å². The van der Waals surface area contributed by atoms with Crippen LogP contribution in [-0.4, -0.2) is 32.2 Å². The van der Waals surface area contributed by atoms with E-state index in [0.717, 1.165) is 12.8 Å². The third-order valence-corrected chi connectivity index (χ3v) is 3.37. The highest BCUT2D eigenvalue weighted by molar-refractivity contribution is 6.31. The number of aromatic carboxylic acids is 1. The monoisotopic (exact) mass is 306 g/mol. The summed E-state index contributed by atoms with van der Waals surface area (Å²) < 4.78 is 0. The van der Waals surface area contributed by atoms with Crippen LogP contribution in [0.25, 0.3) is 0 Å². The number of carbonyl (C=O) groups excluding carboxylic acids is 1. The fourth-order valence-corrected chi connectivity index (χ4v) is 2.07. The number of H-pyrrole nitrogens is 1. The van der Waals surface area contributed by atoms with Gasteiger partial charge in [0.25, 0.3) is 5.91 Å². The first kappa shape index (κ1) is 13.6. The Morgan fingerprint density at radius 3 is 2.81 bits per heavy atom. The smallest absolute Gasteiger partial charge is 0.337 e. The molecule has 1 saturated carbocycles. The Balaban J connectivity index is 1.81. The Bertz CT molecular complexity index is 724. The zero-order chi connectivity index (χ0) is 15.0. The fourth-order valence-electron chi connectivity index (χ4n) is 1.90. The van der Waals surface area contributed by atoms with Gasteiger partial charge >= 0.3 is 5.97 Å². The molecule has 0 radical (unpaired) electrons. The Labute approximate surface area is 124 Å². The average Bonchev–Trinajstić information content (AvgIpc) is 3.18. The molecule has 3 rings (SSSR count). The summed E-state index contributed by atoms with van der Waals surface area (Å²) in [6.45, 7) is 0. The first-order chi connectivity index (χ1) is 10.0. The number of rotatable bonds is 4. The van der Waals surface area contributed by atoms with Crippen LogP contribution in [0.4, 0.5) is 5.69 Å². The molecule has 8 heteroatoms. The average molecular weight is 307 g/mol. The van der Waals surface area contributed by atoms with E-state index in [-0.39, 0.29) is 22.1 Å². The highest BCUT2D eigenvalue weighted by atomic mass is 35.5. The normalized spacial score (nSPS) is 14.0. The number of aromatic amines is 1. The van der Waals surface area contributed by atoms with Gasteiger partial charge in [-0.15, -0.1) is 5.10 Å². The minimum absolute atomic E-state index is 0.0109. The second-order valence-electron chi connectivity index (χ2n) is 4.77. The van der Waals surface area contributed by atoms with Crippen LogP contribution < -0.4 is 5.32 Å². The molecule has 7 nitrogen and oxygen atoms in total. The van der Waals surface area contributed by atoms with Gasteiger partial charge < -0.3 is 10.4 Å². The first-order valence-electron chi connectivity index (χ1n) is 6.31. The number of amides is 1. The molecule has 0 aliphatic heterocycles. The molecule has 0 spiro atoms. The summed E-state index contributed by atoms with van der Waals surface area (Å²) >= 11 is 5.75. The van der Waals surface area contributed by atoms with E-state index in [0.29, 0.717) is 11.7 Å². The van der Waals surface area contributed by atoms with E-state index in [1.807, 2.05) is 0 Å². The van der Waals surface area contributed by atoms with Gasteiger partial charge in [-0.1, -0.05) is 11.6 Å². The van der Waals surface area contributed by atoms with Crippen molar-refractivity contribution in [1.82, 2.24) is 15.2 Å². The maximum absolute atomic E-state index is 12.0. The summed E-state index contributed by atoms with van der Waals surface area (Å²) in [5.74, 6) is -0.716. The highest BCUT2D eigenvalue weighted by Crippen LogP contribution is 2.37. The van der Waals surface area contributed by atoms with E-state index in [1.54, 1.807) is 0 Å². The van der Waals surface area contributed by atoms with E-state index < -0.39 is 11.9 Å². The predicted octanol–water partition coefficient (Wildman–Crippen LogP) is 2.29. The maximum Gasteiger partial charge on any atom is 0.337 e. The van der Waals surface area contributed by atoms with Crippen molar-refractivity contribution in [3.8, 4) is 0 Å². The van der Waals surface area contributed by atoms with Crippen LogP contribution in [0.5, 0.6) is 0 Å². The highest BCUT2D eigenvalue weighted by Gasteiger charge is 2.28. The molecular formula is C13H11ClN4O3. The van der Waals surface area contributed by atoms with Gasteiger partial charge in [-0.25, -0.2) is 9.78 Å². The van der Waals surface area contributed by atoms with E-state index in [9.17, 15) is 9.59 Å². The van der Waals surface area contributed by atoms with Crippen LogP contribution in [0.1, 0.15) is 45.6 Å². The van der Waals surface area contributed by atoms with Crippen molar-refractivity contribution in [2.24, 2.45) is 0 Å². The minimum atomic E-state index is -1.18. The lowest BCUT2D eigenvalue weighted by atomic mass is 10.2. The lowest BCUT2D eigenvalue weighted by Crippen LogP contribution is -2.16. The number of hydrogen-bond donors (Lipinski definition) is 3. The van der Waals surface area contributed by atoms with Crippen LogP contribution in [0.2, 0.25) is 5.02 Å². The number of aromatic nitrogens is 3. The molecule has 21 heavy (non-hydrogen) atoms. The van der Waals surface area contributed by atoms with Crippen molar-refractivity contribution in [2.75, 3.05) is 5.32 Å². The van der Waals surface area contributed by atoms with Gasteiger partial charge in [0.1, 0.15) is 5.82 Å². The first-order valence-corrected chi connectivity index (χ1v) is 6.69. The standard InChI is InChI=1S/C13H11ClN4O3/c14-7-3-4-9(8(5-7)13(20)21)15-12(19)11-16-10(17-18-11)6-1-2-6/h3-6H,1-2H2,(H,15,19)(H,20,21)(H,16,17,18). The molecule has 3 N–H and O–H groups in total. The van der Waals surface area contributed by atoms with Gasteiger partial charge in [-0.05, 0) is 31.0 Å². The summed E-state index contributed by atoms with van der Waals surface area (Å²) in [4.78, 5) is 27.3. The molecular weight excluding hydrogens is 296 g/mol. The largest absolute Gasteiger partial charge is 0.478 e. The molecule has 0 unspecified atom stereocenters. The molecule has 0 saturated heterocycles. The Hall–Kier alpha value is -2.41. The molecule has 1 aliphatic rings. The summed E-state index contributed by atoms with van der Waals surface area (Å²) in [5.41, 5.74) is 0.0588. The number of hydrogen-bond acceptors (Lipinski definition) is 4. The number of nitrogens with zero attached hydrogens (tertiary/aromatic N) is 2. The number of halogens is 1. The molecule has 1 heterocycles. The van der Waals surface area contributed by atoms with E-state index >= 15 is 0 Å². The van der Waals surface area contributed by atoms with Crippen molar-refractivity contribution < 1.29 is 14.7 Å². The zero-order valence-electron chi connectivity index (χ0n) is 10.8. The summed E-state index contributed by atoms with van der Waals surface area (Å²) in [6, 6.07) is 4.20. The van der Waals surface area contributed by atoms with Crippen LogP contribution in [0.15, 0.2) is 18.2 Å². The summed E-state index contributed by atoms with van der Waals surface area (Å²) in [6.07, 6.45) is 2.08. The number of anilines is 1. The number of nitrogens with one attached hydrogen (secondary N) is 2. The molecule has 2 aromatic rings. The maximum atomic E-state index is 12.0. The SMILES string of the molecule is O=C(Nc1ccc(Cl)cc1C(=O)O)c1n[nH]c(C2CC2)n1. The van der Waals surface area contributed by atoms with Gasteiger partial charge in [0, 0.05) is 10.9 Å². The van der Waals surface area contributed by atoms with Gasteiger partial charge in [-0.3, -0.25) is 9.89 Å². The van der Waals surface area contributed by atoms with Crippen LogP contribution in [0, 0.1) is 0 Å². The predicted molar refractivity (Wildman–Crippen MR) is 74.7 cm³/mol. The number of benzene rings is 1. The molecule has 0 atom stereocenters. The topological polar surface area (TPSA) is 108 Å².